The molecule has 0 unspecified atom stereocenters. The number of nitrogens with one attached hydrogen (secondary N) is 1. The number of thioether (sulfide) groups is 1. The highest BCUT2D eigenvalue weighted by Gasteiger charge is 2.16. The Morgan fingerprint density at radius 2 is 1.84 bits per heavy atom. The van der Waals surface area contributed by atoms with Gasteiger partial charge < -0.3 is 5.32 Å². The van der Waals surface area contributed by atoms with Crippen molar-refractivity contribution in [3.63, 3.8) is 0 Å². The van der Waals surface area contributed by atoms with Gasteiger partial charge in [0.1, 0.15) is 0 Å². The molecule has 0 bridgehead atoms. The molecule has 0 aliphatic carbocycles. The number of benzene rings is 2. The number of rotatable bonds is 7. The van der Waals surface area contributed by atoms with E-state index in [1.165, 1.54) is 11.4 Å². The lowest BCUT2D eigenvalue weighted by molar-refractivity contribution is 0.0956. The SMILES string of the molecule is Cc1ccc(C(=O)NCCSc2ccccc2)cc1N(C)S(C)(=O)=O. The standard InChI is InChI=1S/C18H22N2O3S2/c1-14-9-10-15(13-17(14)20(2)25(3,22)23)18(21)19-11-12-24-16-7-5-4-6-8-16/h4-10,13H,11-12H2,1-3H3,(H,19,21). The molecule has 0 aliphatic heterocycles. The van der Waals surface area contributed by atoms with E-state index in [9.17, 15) is 13.2 Å². The number of hydrogen-bond donors (Lipinski definition) is 1. The van der Waals surface area contributed by atoms with Crippen molar-refractivity contribution >= 4 is 33.4 Å². The summed E-state index contributed by atoms with van der Waals surface area (Å²) in [5.41, 5.74) is 1.75. The van der Waals surface area contributed by atoms with E-state index < -0.39 is 10.0 Å². The Kier molecular flexibility index (Phi) is 6.50. The summed E-state index contributed by atoms with van der Waals surface area (Å²) in [5.74, 6) is 0.550. The molecule has 0 aromatic heterocycles. The quantitative estimate of drug-likeness (QED) is 0.594. The molecule has 0 aliphatic rings. The highest BCUT2D eigenvalue weighted by atomic mass is 32.2. The largest absolute Gasteiger partial charge is 0.351 e. The first-order valence-corrected chi connectivity index (χ1v) is 10.6. The first kappa shape index (κ1) is 19.3. The summed E-state index contributed by atoms with van der Waals surface area (Å²) in [5, 5.41) is 2.87. The van der Waals surface area contributed by atoms with Crippen molar-refractivity contribution in [2.24, 2.45) is 0 Å². The molecule has 0 spiro atoms. The van der Waals surface area contributed by atoms with Gasteiger partial charge in [-0.15, -0.1) is 11.8 Å². The number of anilines is 1. The van der Waals surface area contributed by atoms with Crippen LogP contribution < -0.4 is 9.62 Å². The predicted molar refractivity (Wildman–Crippen MR) is 104 cm³/mol. The van der Waals surface area contributed by atoms with Crippen molar-refractivity contribution in [1.82, 2.24) is 5.32 Å². The Morgan fingerprint density at radius 3 is 2.48 bits per heavy atom. The van der Waals surface area contributed by atoms with E-state index in [2.05, 4.69) is 5.32 Å². The normalized spacial score (nSPS) is 11.2. The lowest BCUT2D eigenvalue weighted by Crippen LogP contribution is -2.28. The van der Waals surface area contributed by atoms with Crippen molar-refractivity contribution in [3.05, 3.63) is 59.7 Å². The molecule has 0 fully saturated rings. The number of sulfonamides is 1. The topological polar surface area (TPSA) is 66.5 Å². The molecular formula is C18H22N2O3S2. The van der Waals surface area contributed by atoms with Gasteiger partial charge >= 0.3 is 0 Å². The average Bonchev–Trinajstić information content (AvgIpc) is 2.58. The van der Waals surface area contributed by atoms with Crippen LogP contribution in [0.4, 0.5) is 5.69 Å². The maximum atomic E-state index is 12.3. The van der Waals surface area contributed by atoms with Crippen LogP contribution in [-0.4, -0.2) is 39.9 Å². The Labute approximate surface area is 153 Å². The molecular weight excluding hydrogens is 356 g/mol. The van der Waals surface area contributed by atoms with Crippen LogP contribution in [0.2, 0.25) is 0 Å². The maximum Gasteiger partial charge on any atom is 0.251 e. The molecule has 134 valence electrons. The maximum absolute atomic E-state index is 12.3. The van der Waals surface area contributed by atoms with Crippen molar-refractivity contribution in [2.45, 2.75) is 11.8 Å². The van der Waals surface area contributed by atoms with Gasteiger partial charge in [-0.1, -0.05) is 24.3 Å². The number of hydrogen-bond acceptors (Lipinski definition) is 4. The molecule has 2 aromatic carbocycles. The van der Waals surface area contributed by atoms with Gasteiger partial charge in [0, 0.05) is 29.8 Å². The van der Waals surface area contributed by atoms with Crippen molar-refractivity contribution in [1.29, 1.82) is 0 Å². The van der Waals surface area contributed by atoms with E-state index in [1.807, 2.05) is 37.3 Å². The van der Waals surface area contributed by atoms with Crippen molar-refractivity contribution < 1.29 is 13.2 Å². The minimum atomic E-state index is -3.37. The van der Waals surface area contributed by atoms with E-state index >= 15 is 0 Å². The first-order valence-electron chi connectivity index (χ1n) is 7.79. The third-order valence-corrected chi connectivity index (χ3v) is 5.91. The van der Waals surface area contributed by atoms with Crippen molar-refractivity contribution in [3.8, 4) is 0 Å². The molecule has 25 heavy (non-hydrogen) atoms. The summed E-state index contributed by atoms with van der Waals surface area (Å²) in [6, 6.07) is 15.0. The first-order chi connectivity index (χ1) is 11.8. The number of carbonyl (C=O) groups excluding carboxylic acids is 1. The van der Waals surface area contributed by atoms with Gasteiger partial charge in [-0.3, -0.25) is 9.10 Å². The number of aryl methyl sites for hydroxylation is 1. The lowest BCUT2D eigenvalue weighted by atomic mass is 10.1. The fourth-order valence-electron chi connectivity index (χ4n) is 2.22. The van der Waals surface area contributed by atoms with Crippen LogP contribution in [-0.2, 0) is 10.0 Å². The highest BCUT2D eigenvalue weighted by Crippen LogP contribution is 2.22. The Balaban J connectivity index is 1.97. The lowest BCUT2D eigenvalue weighted by Gasteiger charge is -2.19. The second-order valence-corrected chi connectivity index (χ2v) is 8.83. The number of carbonyl (C=O) groups is 1. The Hall–Kier alpha value is -1.99. The number of nitrogens with zero attached hydrogens (tertiary/aromatic N) is 1. The summed E-state index contributed by atoms with van der Waals surface area (Å²) < 4.78 is 24.7. The molecule has 5 nitrogen and oxygen atoms in total. The van der Waals surface area contributed by atoms with E-state index in [0.29, 0.717) is 17.8 Å². The zero-order chi connectivity index (χ0) is 18.4. The average molecular weight is 379 g/mol. The van der Waals surface area contributed by atoms with Crippen LogP contribution in [0.5, 0.6) is 0 Å². The van der Waals surface area contributed by atoms with Crippen LogP contribution in [0.15, 0.2) is 53.4 Å². The van der Waals surface area contributed by atoms with Crippen LogP contribution in [0.25, 0.3) is 0 Å². The van der Waals surface area contributed by atoms with E-state index in [0.717, 1.165) is 22.5 Å². The van der Waals surface area contributed by atoms with E-state index in [-0.39, 0.29) is 5.91 Å². The zero-order valence-corrected chi connectivity index (χ0v) is 16.2. The summed E-state index contributed by atoms with van der Waals surface area (Å²) in [6.45, 7) is 2.35. The second kappa shape index (κ2) is 8.40. The molecule has 0 heterocycles. The fraction of sp³-hybridized carbons (Fsp3) is 0.278. The summed E-state index contributed by atoms with van der Waals surface area (Å²) >= 11 is 1.67. The van der Waals surface area contributed by atoms with Crippen LogP contribution in [0.3, 0.4) is 0 Å². The monoisotopic (exact) mass is 378 g/mol. The van der Waals surface area contributed by atoms with E-state index in [4.69, 9.17) is 0 Å². The third kappa shape index (κ3) is 5.51. The zero-order valence-electron chi connectivity index (χ0n) is 14.5. The van der Waals surface area contributed by atoms with Gasteiger partial charge in [0.2, 0.25) is 10.0 Å². The molecule has 7 heteroatoms. The molecule has 0 atom stereocenters. The van der Waals surface area contributed by atoms with Gasteiger partial charge in [-0.2, -0.15) is 0 Å². The molecule has 2 rings (SSSR count). The minimum Gasteiger partial charge on any atom is -0.351 e. The molecule has 1 N–H and O–H groups in total. The fourth-order valence-corrected chi connectivity index (χ4v) is 3.56. The van der Waals surface area contributed by atoms with Gasteiger partial charge in [0.15, 0.2) is 0 Å². The van der Waals surface area contributed by atoms with Crippen LogP contribution >= 0.6 is 11.8 Å². The molecule has 2 aromatic rings. The second-order valence-electron chi connectivity index (χ2n) is 5.65. The van der Waals surface area contributed by atoms with Gasteiger partial charge in [-0.05, 0) is 36.8 Å². The molecule has 0 saturated heterocycles. The van der Waals surface area contributed by atoms with E-state index in [1.54, 1.807) is 30.0 Å². The van der Waals surface area contributed by atoms with Gasteiger partial charge in [0.05, 0.1) is 11.9 Å². The van der Waals surface area contributed by atoms with Crippen LogP contribution in [0.1, 0.15) is 15.9 Å². The van der Waals surface area contributed by atoms with Gasteiger partial charge in [0.25, 0.3) is 5.91 Å². The third-order valence-electron chi connectivity index (χ3n) is 3.71. The highest BCUT2D eigenvalue weighted by molar-refractivity contribution is 7.99. The molecule has 1 amide bonds. The number of amides is 1. The molecule has 0 radical (unpaired) electrons. The van der Waals surface area contributed by atoms with Crippen LogP contribution in [0, 0.1) is 6.92 Å². The Morgan fingerprint density at radius 1 is 1.16 bits per heavy atom. The summed E-state index contributed by atoms with van der Waals surface area (Å²) in [6.07, 6.45) is 1.14. The Bertz CT molecular complexity index is 837. The predicted octanol–water partition coefficient (Wildman–Crippen LogP) is 2.91. The summed E-state index contributed by atoms with van der Waals surface area (Å²) in [7, 11) is -1.89. The van der Waals surface area contributed by atoms with Crippen molar-refractivity contribution in [2.75, 3.05) is 29.9 Å². The minimum absolute atomic E-state index is 0.211. The summed E-state index contributed by atoms with van der Waals surface area (Å²) in [4.78, 5) is 13.5. The van der Waals surface area contributed by atoms with Gasteiger partial charge in [-0.25, -0.2) is 8.42 Å². The smallest absolute Gasteiger partial charge is 0.251 e. The molecule has 0 saturated carbocycles.